The average Bonchev–Trinajstić information content (AvgIpc) is 1.57. The van der Waals surface area contributed by atoms with Crippen molar-refractivity contribution in [2.75, 3.05) is 5.34 Å². The van der Waals surface area contributed by atoms with Crippen molar-refractivity contribution < 1.29 is 255 Å². The Kier molecular flexibility index (Phi) is 38.2. The van der Waals surface area contributed by atoms with Gasteiger partial charge in [-0.1, -0.05) is 6.07 Å². The number of carbonyl (C=O) groups is 5. The van der Waals surface area contributed by atoms with E-state index in [4.69, 9.17) is 23.2 Å². The van der Waals surface area contributed by atoms with Crippen molar-refractivity contribution in [2.24, 2.45) is 0 Å². The number of nitrogens with zero attached hydrogens (tertiary/aromatic N) is 7. The topological polar surface area (TPSA) is 324 Å². The molecule has 109 heavy (non-hydrogen) atoms. The molecule has 0 fully saturated rings. The van der Waals surface area contributed by atoms with Crippen LogP contribution in [0, 0.1) is 58.0 Å². The molecule has 0 aliphatic carbocycles. The average molecular weight is 1880 g/mol. The summed E-state index contributed by atoms with van der Waals surface area (Å²) in [7, 11) is 0. The molecule has 2 aliphatic rings. The third-order valence-corrected chi connectivity index (χ3v) is 13.1. The molecule has 0 spiro atoms. The van der Waals surface area contributed by atoms with Crippen LogP contribution in [0.25, 0.3) is 17.1 Å². The molecule has 0 bridgehead atoms. The van der Waals surface area contributed by atoms with Crippen LogP contribution in [-0.4, -0.2) is 164 Å². The van der Waals surface area contributed by atoms with Crippen LogP contribution in [0.15, 0.2) is 114 Å². The van der Waals surface area contributed by atoms with E-state index in [1.54, 1.807) is 96.7 Å². The number of hydroxylamine groups is 2. The van der Waals surface area contributed by atoms with Gasteiger partial charge in [-0.05, 0) is 95.6 Å². The second kappa shape index (κ2) is 38.8. The fourth-order valence-electron chi connectivity index (χ4n) is 6.22. The first-order chi connectivity index (χ1) is 47.2. The molecule has 2 radical (unpaired) electrons. The largest absolute Gasteiger partial charge is 2.00 e. The minimum Gasteiger partial charge on any atom is -0.869 e. The zero-order chi connectivity index (χ0) is 85.7. The number of alkyl halides is 32. The summed E-state index contributed by atoms with van der Waals surface area (Å²) >= 11 is 9.53. The fraction of sp³-hybridized carbons (Fsp3) is 0.426. The first-order valence-corrected chi connectivity index (χ1v) is 27.5. The molecule has 0 unspecified atom stereocenters. The van der Waals surface area contributed by atoms with E-state index in [0.29, 0.717) is 36.1 Å². The van der Waals surface area contributed by atoms with E-state index in [0.717, 1.165) is 0 Å². The van der Waals surface area contributed by atoms with E-state index in [-0.39, 0.29) is 82.7 Å². The van der Waals surface area contributed by atoms with Gasteiger partial charge in [-0.3, -0.25) is 29.0 Å². The Morgan fingerprint density at radius 2 is 0.633 bits per heavy atom. The van der Waals surface area contributed by atoms with Crippen LogP contribution < -0.4 is 25.5 Å². The number of hydrogen-bond acceptors (Lipinski definition) is 16. The predicted octanol–water partition coefficient (Wildman–Crippen LogP) is 10.2. The maximum atomic E-state index is 13.5. The fourth-order valence-corrected chi connectivity index (χ4v) is 6.22. The monoisotopic (exact) mass is 1870 g/mol. The smallest absolute Gasteiger partial charge is 0.869 e. The predicted molar refractivity (Wildman–Crippen MR) is 288 cm³/mol. The van der Waals surface area contributed by atoms with Crippen molar-refractivity contribution in [3.63, 3.8) is 0 Å². The summed E-state index contributed by atoms with van der Waals surface area (Å²) in [6.07, 6.45) is -56.3. The number of aromatic nitrogens is 3. The number of carbonyl (C=O) groups excluding carboxylic acids is 5. The minimum atomic E-state index is -5.46. The van der Waals surface area contributed by atoms with Crippen LogP contribution in [0.2, 0.25) is 0 Å². The molecule has 1 aromatic carbocycles. The van der Waals surface area contributed by atoms with Crippen LogP contribution in [0.4, 0.5) is 132 Å². The summed E-state index contributed by atoms with van der Waals surface area (Å²) in [5.41, 5.74) is -1.87. The van der Waals surface area contributed by atoms with Gasteiger partial charge in [0.1, 0.15) is 26.3 Å². The van der Waals surface area contributed by atoms with Gasteiger partial charge in [0.25, 0.3) is 40.0 Å². The summed E-state index contributed by atoms with van der Waals surface area (Å²) in [4.78, 5) is 80.5. The van der Waals surface area contributed by atoms with Crippen molar-refractivity contribution in [3.8, 4) is 17.1 Å². The molecule has 2 aromatic heterocycles. The van der Waals surface area contributed by atoms with Crippen molar-refractivity contribution >= 4 is 63.8 Å². The molecule has 0 N–H and O–H groups in total. The molecule has 620 valence electrons. The Morgan fingerprint density at radius 1 is 0.404 bits per heavy atom. The van der Waals surface area contributed by atoms with Gasteiger partial charge in [-0.2, -0.15) is 137 Å². The van der Waals surface area contributed by atoms with Crippen molar-refractivity contribution in [3.05, 3.63) is 145 Å². The number of rotatable bonds is 9. The van der Waals surface area contributed by atoms with Crippen molar-refractivity contribution in [1.82, 2.24) is 14.8 Å². The first kappa shape index (κ1) is 107. The summed E-state index contributed by atoms with van der Waals surface area (Å²) in [5, 5.41) is 81.0. The quantitative estimate of drug-likeness (QED) is 0.0365. The molecule has 21 nitrogen and oxygen atoms in total. The number of halogens is 32. The molecule has 0 saturated carbocycles. The minimum absolute atomic E-state index is 0. The van der Waals surface area contributed by atoms with Crippen molar-refractivity contribution in [2.45, 2.75) is 139 Å². The molecule has 3 aromatic rings. The maximum Gasteiger partial charge on any atom is 2.00 e. The molecule has 5 rings (SSSR count). The molecular formula is C54H40Cl2CoF30HoN7O14-. The number of nitroso groups, excluding NO2 is 2. The van der Waals surface area contributed by atoms with Crippen LogP contribution in [-0.2, 0) is 40.8 Å². The molecule has 4 heterocycles. The zero-order valence-electron chi connectivity index (χ0n) is 53.9. The number of pyridine rings is 1. The van der Waals surface area contributed by atoms with E-state index in [9.17, 15) is 201 Å². The molecule has 2 aliphatic heterocycles. The normalized spacial score (nSPS) is 16.4. The van der Waals surface area contributed by atoms with E-state index < -0.39 is 172 Å². The van der Waals surface area contributed by atoms with Crippen LogP contribution in [0.3, 0.4) is 0 Å². The summed E-state index contributed by atoms with van der Waals surface area (Å²) < 4.78 is 343. The Bertz CT molecular complexity index is 3590. The molecule has 0 amide bonds. The van der Waals surface area contributed by atoms with Gasteiger partial charge < -0.3 is 35.9 Å². The molecule has 55 heteroatoms. The molecular weight excluding hydrogens is 1840 g/mol. The van der Waals surface area contributed by atoms with E-state index >= 15 is 0 Å². The Morgan fingerprint density at radius 3 is 0.807 bits per heavy atom. The summed E-state index contributed by atoms with van der Waals surface area (Å²) in [5.74, 6) is -28.4. The van der Waals surface area contributed by atoms with E-state index in [1.807, 2.05) is 18.2 Å². The second-order valence-corrected chi connectivity index (χ2v) is 22.4. The van der Waals surface area contributed by atoms with Crippen molar-refractivity contribution in [1.29, 1.82) is 0 Å². The van der Waals surface area contributed by atoms with Crippen LogP contribution in [0.5, 0.6) is 0 Å². The van der Waals surface area contributed by atoms with Gasteiger partial charge in [-0.25, -0.2) is 4.68 Å². The zero-order valence-corrected chi connectivity index (χ0v) is 58.4. The number of hydrogen-bond donors (Lipinski definition) is 0. The number of benzene rings is 1. The van der Waals surface area contributed by atoms with Gasteiger partial charge in [-0.15, -0.1) is 32.7 Å². The van der Waals surface area contributed by atoms with Gasteiger partial charge in [0, 0.05) is 115 Å². The summed E-state index contributed by atoms with van der Waals surface area (Å²) in [6.45, 7) is 13.7. The number of amidine groups is 2. The number of allylic oxidation sites excluding steroid dienone is 10. The Balaban J connectivity index is -0.000000661. The van der Waals surface area contributed by atoms with Gasteiger partial charge >= 0.3 is 90.2 Å². The third-order valence-electron chi connectivity index (χ3n) is 13.1. The Labute approximate surface area is 637 Å². The summed E-state index contributed by atoms with van der Waals surface area (Å²) in [6, 6.07) is 12.2. The molecule has 0 saturated heterocycles. The molecule has 0 atom stereocenters. The number of ketones is 5. The second-order valence-electron chi connectivity index (χ2n) is 21.6. The van der Waals surface area contributed by atoms with Gasteiger partial charge in [0.15, 0.2) is 0 Å². The van der Waals surface area contributed by atoms with E-state index in [2.05, 4.69) is 10.1 Å². The van der Waals surface area contributed by atoms with Crippen LogP contribution >= 0.6 is 23.2 Å². The maximum absolute atomic E-state index is 13.5. The Hall–Kier alpha value is -7.98. The van der Waals surface area contributed by atoms with Gasteiger partial charge in [0.2, 0.25) is 11.1 Å². The SMILES string of the molecule is CC1(C)[N+](=O)C(c2cc(C3=[N+]([O-])C(C)(C)C(C)(C)[N+]3=O)cc(-n3ccc(-c4ccccn4)n3)c2)=[N+]([O-])C1(C)C.ClCCl.O=C(/C=C(\[O-])C(F)(F)F)C(F)(F)F.O=C(/C=C(\[O-])C(F)(F)F)C(F)(F)F.O=C(/C=C(\[O-])C(F)(F)F)C(F)(F)F.O=C(/C=C(\[O-])C(F)(F)F)C(F)(F)F.O=C(/C=C(\[O-])C(F)(F)F)C(F)(F)F.[Co+2].[Ho]. The van der Waals surface area contributed by atoms with E-state index in [1.165, 1.54) is 0 Å². The van der Waals surface area contributed by atoms with Gasteiger partial charge in [0.05, 0.1) is 16.7 Å². The third kappa shape index (κ3) is 31.4. The van der Waals surface area contributed by atoms with Crippen LogP contribution in [0.1, 0.15) is 66.5 Å². The standard InChI is InChI=1S/C28H33N7O4.5C5H2F6O2.CH2Cl2.Co.Ho/c1-25(2)26(3,4)33(37)23(32(25)36)18-15-19(24-34(38)27(5,6)28(7,8)35(24)39)17-20(16-18)31-14-12-22(30-31)21-11-9-10-13-29-21;5*6-4(7,8)2(12)1-3(13)5(9,10)11;2-1-3;;/h9-17H,1-8H3;5*1,12H;1H2;;/q+2;;;;;;;+2;/p-5/b;5*2-1-;;;. The first-order valence-electron chi connectivity index (χ1n) is 26.4.